The third-order valence-corrected chi connectivity index (χ3v) is 7.88. The Bertz CT molecular complexity index is 1670. The molecule has 0 radical (unpaired) electrons. The fourth-order valence-electron chi connectivity index (χ4n) is 5.57. The lowest BCUT2D eigenvalue weighted by molar-refractivity contribution is 0.236. The molecule has 3 N–H and O–H groups in total. The van der Waals surface area contributed by atoms with E-state index < -0.39 is 5.82 Å². The quantitative estimate of drug-likeness (QED) is 0.290. The van der Waals surface area contributed by atoms with E-state index in [0.29, 0.717) is 23.1 Å². The van der Waals surface area contributed by atoms with Crippen molar-refractivity contribution >= 4 is 27.8 Å². The van der Waals surface area contributed by atoms with Gasteiger partial charge in [-0.3, -0.25) is 9.97 Å². The highest BCUT2D eigenvalue weighted by Crippen LogP contribution is 2.45. The summed E-state index contributed by atoms with van der Waals surface area (Å²) in [5.74, 6) is 1.55. The molecular formula is C29H29FN8. The number of hydrogen-bond donors (Lipinski definition) is 3. The molecule has 0 unspecified atom stereocenters. The van der Waals surface area contributed by atoms with Crippen molar-refractivity contribution in [2.24, 2.45) is 5.41 Å². The summed E-state index contributed by atoms with van der Waals surface area (Å²) >= 11 is 0. The number of rotatable bonds is 5. The van der Waals surface area contributed by atoms with Gasteiger partial charge in [0.15, 0.2) is 11.6 Å². The summed E-state index contributed by atoms with van der Waals surface area (Å²) in [6.07, 6.45) is 10.5. The molecule has 5 aromatic heterocycles. The Morgan fingerprint density at radius 2 is 1.95 bits per heavy atom. The molecule has 1 aliphatic heterocycles. The van der Waals surface area contributed by atoms with Crippen molar-refractivity contribution in [1.29, 1.82) is 0 Å². The van der Waals surface area contributed by atoms with Crippen LogP contribution in [0.5, 0.6) is 0 Å². The number of piperidine rings is 1. The molecule has 1 aliphatic carbocycles. The summed E-state index contributed by atoms with van der Waals surface area (Å²) in [6, 6.07) is 7.03. The molecular weight excluding hydrogens is 479 g/mol. The summed E-state index contributed by atoms with van der Waals surface area (Å²) in [5.41, 5.74) is 4.37. The fraction of sp³-hybridized carbons (Fsp3) is 0.345. The second-order valence-corrected chi connectivity index (χ2v) is 11.1. The Morgan fingerprint density at radius 1 is 1.05 bits per heavy atom. The monoisotopic (exact) mass is 508 g/mol. The van der Waals surface area contributed by atoms with E-state index in [2.05, 4.69) is 44.4 Å². The minimum atomic E-state index is -0.391. The van der Waals surface area contributed by atoms with Gasteiger partial charge in [0.25, 0.3) is 0 Å². The van der Waals surface area contributed by atoms with Crippen LogP contribution in [0.25, 0.3) is 44.7 Å². The van der Waals surface area contributed by atoms with E-state index in [9.17, 15) is 4.39 Å². The van der Waals surface area contributed by atoms with Crippen LogP contribution in [0.3, 0.4) is 0 Å². The summed E-state index contributed by atoms with van der Waals surface area (Å²) < 4.78 is 14.5. The van der Waals surface area contributed by atoms with E-state index in [4.69, 9.17) is 9.97 Å². The number of hydrogen-bond acceptors (Lipinski definition) is 7. The summed E-state index contributed by atoms with van der Waals surface area (Å²) in [7, 11) is 0. The Balaban J connectivity index is 1.40. The lowest BCUT2D eigenvalue weighted by Gasteiger charge is -2.40. The van der Waals surface area contributed by atoms with Crippen molar-refractivity contribution in [2.75, 3.05) is 18.4 Å². The smallest absolute Gasteiger partial charge is 0.163 e. The van der Waals surface area contributed by atoms with E-state index in [-0.39, 0.29) is 17.2 Å². The maximum Gasteiger partial charge on any atom is 0.163 e. The molecule has 5 aromatic rings. The van der Waals surface area contributed by atoms with E-state index in [1.165, 1.54) is 24.5 Å². The van der Waals surface area contributed by atoms with Crippen LogP contribution in [0, 0.1) is 11.2 Å². The molecule has 1 saturated carbocycles. The molecule has 2 fully saturated rings. The van der Waals surface area contributed by atoms with Gasteiger partial charge in [-0.1, -0.05) is 13.8 Å². The van der Waals surface area contributed by atoms with Gasteiger partial charge in [0.05, 0.1) is 17.4 Å². The topological polar surface area (TPSA) is 104 Å². The number of aromatic nitrogens is 6. The summed E-state index contributed by atoms with van der Waals surface area (Å²) in [6.45, 7) is 6.48. The number of fused-ring (bicyclic) bond motifs is 2. The van der Waals surface area contributed by atoms with E-state index in [1.54, 1.807) is 18.5 Å². The minimum Gasteiger partial charge on any atom is -0.366 e. The molecule has 0 aromatic carbocycles. The van der Waals surface area contributed by atoms with Crippen molar-refractivity contribution in [2.45, 2.75) is 45.1 Å². The van der Waals surface area contributed by atoms with Crippen molar-refractivity contribution in [1.82, 2.24) is 35.2 Å². The molecule has 192 valence electrons. The van der Waals surface area contributed by atoms with Crippen molar-refractivity contribution in [3.8, 4) is 22.8 Å². The van der Waals surface area contributed by atoms with Gasteiger partial charge in [0.1, 0.15) is 17.2 Å². The average Bonchev–Trinajstić information content (AvgIpc) is 3.67. The summed E-state index contributed by atoms with van der Waals surface area (Å²) in [4.78, 5) is 26.6. The van der Waals surface area contributed by atoms with Crippen LogP contribution in [0.4, 0.5) is 10.2 Å². The Labute approximate surface area is 219 Å². The molecule has 0 bridgehead atoms. The number of nitrogens with one attached hydrogen (secondary N) is 3. The van der Waals surface area contributed by atoms with Gasteiger partial charge in [0.2, 0.25) is 0 Å². The third-order valence-electron chi connectivity index (χ3n) is 7.88. The first-order valence-corrected chi connectivity index (χ1v) is 13.2. The van der Waals surface area contributed by atoms with Crippen molar-refractivity contribution in [3.05, 3.63) is 60.4 Å². The first-order valence-electron chi connectivity index (χ1n) is 13.2. The molecule has 0 amide bonds. The molecule has 7 rings (SSSR count). The first kappa shape index (κ1) is 23.2. The SMILES string of the molecule is CC1(C)CNCC[C@H]1Nc1nc(-c2ccnc3[nH]c(-c4ncccc4F)cc23)nc2cncc(C3CC3)c12. The highest BCUT2D eigenvalue weighted by Gasteiger charge is 2.34. The number of halogens is 1. The molecule has 9 heteroatoms. The molecule has 38 heavy (non-hydrogen) atoms. The van der Waals surface area contributed by atoms with Gasteiger partial charge >= 0.3 is 0 Å². The Hall–Kier alpha value is -3.98. The zero-order chi connectivity index (χ0) is 25.9. The largest absolute Gasteiger partial charge is 0.366 e. The van der Waals surface area contributed by atoms with E-state index in [1.807, 2.05) is 24.5 Å². The number of nitrogens with zero attached hydrogens (tertiary/aromatic N) is 5. The van der Waals surface area contributed by atoms with Crippen LogP contribution < -0.4 is 10.6 Å². The molecule has 1 atom stereocenters. The first-order chi connectivity index (χ1) is 18.5. The Kier molecular flexibility index (Phi) is 5.36. The summed E-state index contributed by atoms with van der Waals surface area (Å²) in [5, 5.41) is 9.23. The third kappa shape index (κ3) is 3.98. The Morgan fingerprint density at radius 3 is 2.76 bits per heavy atom. The lowest BCUT2D eigenvalue weighted by Crippen LogP contribution is -2.49. The highest BCUT2D eigenvalue weighted by atomic mass is 19.1. The minimum absolute atomic E-state index is 0.0642. The van der Waals surface area contributed by atoms with Crippen LogP contribution in [-0.2, 0) is 0 Å². The second kappa shape index (κ2) is 8.80. The number of pyridine rings is 3. The molecule has 0 spiro atoms. The van der Waals surface area contributed by atoms with Crippen LogP contribution in [-0.4, -0.2) is 49.0 Å². The molecule has 1 saturated heterocycles. The van der Waals surface area contributed by atoms with Crippen LogP contribution in [0.1, 0.15) is 44.6 Å². The van der Waals surface area contributed by atoms with Crippen LogP contribution in [0.2, 0.25) is 0 Å². The van der Waals surface area contributed by atoms with Crippen LogP contribution in [0.15, 0.2) is 49.1 Å². The van der Waals surface area contributed by atoms with Gasteiger partial charge < -0.3 is 15.6 Å². The van der Waals surface area contributed by atoms with Crippen LogP contribution >= 0.6 is 0 Å². The van der Waals surface area contributed by atoms with Crippen molar-refractivity contribution < 1.29 is 4.39 Å². The second-order valence-electron chi connectivity index (χ2n) is 11.1. The number of H-pyrrole nitrogens is 1. The van der Waals surface area contributed by atoms with Gasteiger partial charge in [-0.2, -0.15) is 0 Å². The standard InChI is InChI=1S/C29H29FN8/c1-29(2)15-31-10-8-23(29)37-28-24-19(16-5-6-16)13-32-14-22(24)36-27(38-28)17-7-11-34-26-18(17)12-21(35-26)25-20(30)4-3-9-33-25/h3-4,7,9,11-14,16,23,31H,5-6,8,10,15H2,1-2H3,(H,34,35)(H,36,37,38)/t23-/m1/s1. The molecule has 6 heterocycles. The fourth-order valence-corrected chi connectivity index (χ4v) is 5.57. The average molecular weight is 509 g/mol. The molecule has 2 aliphatic rings. The number of aromatic amines is 1. The number of anilines is 1. The molecule has 8 nitrogen and oxygen atoms in total. The zero-order valence-corrected chi connectivity index (χ0v) is 21.4. The predicted molar refractivity (Wildman–Crippen MR) is 146 cm³/mol. The highest BCUT2D eigenvalue weighted by molar-refractivity contribution is 5.98. The lowest BCUT2D eigenvalue weighted by atomic mass is 9.80. The normalized spacial score (nSPS) is 19.2. The van der Waals surface area contributed by atoms with Gasteiger partial charge in [0, 0.05) is 47.5 Å². The van der Waals surface area contributed by atoms with E-state index >= 15 is 0 Å². The van der Waals surface area contributed by atoms with Gasteiger partial charge in [-0.25, -0.2) is 19.3 Å². The maximum absolute atomic E-state index is 14.5. The predicted octanol–water partition coefficient (Wildman–Crippen LogP) is 5.45. The maximum atomic E-state index is 14.5. The van der Waals surface area contributed by atoms with E-state index in [0.717, 1.165) is 47.2 Å². The van der Waals surface area contributed by atoms with Crippen molar-refractivity contribution in [3.63, 3.8) is 0 Å². The zero-order valence-electron chi connectivity index (χ0n) is 21.4. The van der Waals surface area contributed by atoms with Gasteiger partial charge in [-0.15, -0.1) is 0 Å². The van der Waals surface area contributed by atoms with Gasteiger partial charge in [-0.05, 0) is 67.0 Å².